The molecule has 104 valence electrons. The quantitative estimate of drug-likeness (QED) is 0.813. The third kappa shape index (κ3) is 3.77. The zero-order chi connectivity index (χ0) is 13.7. The Morgan fingerprint density at radius 3 is 2.74 bits per heavy atom. The molecule has 2 rings (SSSR count). The topological polar surface area (TPSA) is 21.3 Å². The Labute approximate surface area is 112 Å². The van der Waals surface area contributed by atoms with Gasteiger partial charge in [-0.3, -0.25) is 0 Å². The van der Waals surface area contributed by atoms with Crippen LogP contribution >= 0.6 is 0 Å². The molecule has 1 N–H and O–H groups in total. The van der Waals surface area contributed by atoms with E-state index in [0.717, 1.165) is 18.4 Å². The van der Waals surface area contributed by atoms with Crippen molar-refractivity contribution in [1.82, 2.24) is 5.32 Å². The number of alkyl halides is 2. The monoisotopic (exact) mass is 267 g/mol. The minimum absolute atomic E-state index is 0.0847. The number of hydrogen-bond acceptors (Lipinski definition) is 2. The van der Waals surface area contributed by atoms with Crippen LogP contribution in [0.3, 0.4) is 0 Å². The summed E-state index contributed by atoms with van der Waals surface area (Å²) in [6.45, 7) is -2.78. The van der Waals surface area contributed by atoms with E-state index in [-0.39, 0.29) is 11.8 Å². The van der Waals surface area contributed by atoms with Crippen LogP contribution in [0.15, 0.2) is 35.9 Å². The molecule has 0 spiro atoms. The molecule has 0 saturated carbocycles. The first kappa shape index (κ1) is 14.0. The lowest BCUT2D eigenvalue weighted by Gasteiger charge is -2.23. The summed E-state index contributed by atoms with van der Waals surface area (Å²) >= 11 is 0. The van der Waals surface area contributed by atoms with Crippen LogP contribution in [0.5, 0.6) is 5.75 Å². The van der Waals surface area contributed by atoms with E-state index in [2.05, 4.69) is 16.1 Å². The Bertz CT molecular complexity index is 446. The van der Waals surface area contributed by atoms with E-state index in [1.54, 1.807) is 18.2 Å². The molecule has 1 aliphatic rings. The van der Waals surface area contributed by atoms with Crippen LogP contribution in [-0.4, -0.2) is 13.7 Å². The van der Waals surface area contributed by atoms with Crippen molar-refractivity contribution in [3.8, 4) is 5.75 Å². The van der Waals surface area contributed by atoms with Gasteiger partial charge in [0.1, 0.15) is 5.75 Å². The van der Waals surface area contributed by atoms with Gasteiger partial charge in [0.15, 0.2) is 0 Å². The second-order valence-corrected chi connectivity index (χ2v) is 4.70. The van der Waals surface area contributed by atoms with Gasteiger partial charge in [0.05, 0.1) is 6.04 Å². The fourth-order valence-corrected chi connectivity index (χ4v) is 2.56. The lowest BCUT2D eigenvalue weighted by Crippen LogP contribution is -2.20. The van der Waals surface area contributed by atoms with Gasteiger partial charge in [0.25, 0.3) is 0 Å². The lowest BCUT2D eigenvalue weighted by molar-refractivity contribution is -0.0498. The van der Waals surface area contributed by atoms with Crippen molar-refractivity contribution in [3.05, 3.63) is 41.5 Å². The normalized spacial score (nSPS) is 17.2. The van der Waals surface area contributed by atoms with Gasteiger partial charge in [-0.25, -0.2) is 0 Å². The molecule has 1 unspecified atom stereocenters. The molecule has 0 fully saturated rings. The molecular formula is C15H19F2NO. The van der Waals surface area contributed by atoms with Gasteiger partial charge < -0.3 is 10.1 Å². The van der Waals surface area contributed by atoms with Gasteiger partial charge in [-0.2, -0.15) is 8.78 Å². The predicted octanol–water partition coefficient (Wildman–Crippen LogP) is 4.05. The number of allylic oxidation sites excluding steroid dienone is 1. The largest absolute Gasteiger partial charge is 0.435 e. The van der Waals surface area contributed by atoms with Crippen molar-refractivity contribution in [2.45, 2.75) is 38.3 Å². The summed E-state index contributed by atoms with van der Waals surface area (Å²) < 4.78 is 28.9. The molecule has 1 aliphatic carbocycles. The van der Waals surface area contributed by atoms with Crippen LogP contribution in [0.2, 0.25) is 0 Å². The summed E-state index contributed by atoms with van der Waals surface area (Å²) in [5.41, 5.74) is 2.30. The van der Waals surface area contributed by atoms with Crippen LogP contribution in [0.25, 0.3) is 0 Å². The maximum Gasteiger partial charge on any atom is 0.387 e. The Morgan fingerprint density at radius 2 is 2.11 bits per heavy atom. The summed E-state index contributed by atoms with van der Waals surface area (Å²) in [5.74, 6) is 0.212. The number of likely N-dealkylation sites (N-methyl/N-ethyl adjacent to an activating group) is 1. The molecule has 19 heavy (non-hydrogen) atoms. The molecule has 1 aromatic rings. The van der Waals surface area contributed by atoms with E-state index in [1.165, 1.54) is 18.4 Å². The van der Waals surface area contributed by atoms with Gasteiger partial charge in [0, 0.05) is 0 Å². The summed E-state index contributed by atoms with van der Waals surface area (Å²) in [6.07, 6.45) is 6.84. The first-order chi connectivity index (χ1) is 9.20. The molecule has 1 aromatic carbocycles. The average Bonchev–Trinajstić information content (AvgIpc) is 2.40. The number of hydrogen-bond donors (Lipinski definition) is 1. The summed E-state index contributed by atoms with van der Waals surface area (Å²) in [4.78, 5) is 0. The Balaban J connectivity index is 2.20. The highest BCUT2D eigenvalue weighted by Crippen LogP contribution is 2.31. The number of halogens is 2. The summed E-state index contributed by atoms with van der Waals surface area (Å²) in [5, 5.41) is 3.26. The molecule has 0 bridgehead atoms. The second kappa shape index (κ2) is 6.66. The van der Waals surface area contributed by atoms with E-state index < -0.39 is 6.61 Å². The molecule has 0 saturated heterocycles. The van der Waals surface area contributed by atoms with Crippen LogP contribution in [0, 0.1) is 0 Å². The SMILES string of the molecule is CNC(C1=CCCCC1)c1cccc(OC(F)F)c1. The third-order valence-electron chi connectivity index (χ3n) is 3.40. The van der Waals surface area contributed by atoms with Crippen molar-refractivity contribution in [2.24, 2.45) is 0 Å². The molecule has 2 nitrogen and oxygen atoms in total. The first-order valence-corrected chi connectivity index (χ1v) is 6.61. The maximum absolute atomic E-state index is 12.2. The van der Waals surface area contributed by atoms with Crippen LogP contribution in [-0.2, 0) is 0 Å². The van der Waals surface area contributed by atoms with Crippen LogP contribution < -0.4 is 10.1 Å². The molecular weight excluding hydrogens is 248 g/mol. The smallest absolute Gasteiger partial charge is 0.387 e. The van der Waals surface area contributed by atoms with Crippen molar-refractivity contribution >= 4 is 0 Å². The van der Waals surface area contributed by atoms with Crippen molar-refractivity contribution in [3.63, 3.8) is 0 Å². The minimum atomic E-state index is -2.78. The Kier molecular flexibility index (Phi) is 4.91. The van der Waals surface area contributed by atoms with Gasteiger partial charge in [0.2, 0.25) is 0 Å². The zero-order valence-corrected chi connectivity index (χ0v) is 11.0. The van der Waals surface area contributed by atoms with E-state index in [9.17, 15) is 8.78 Å². The average molecular weight is 267 g/mol. The fourth-order valence-electron chi connectivity index (χ4n) is 2.56. The van der Waals surface area contributed by atoms with Gasteiger partial charge in [-0.05, 0) is 50.4 Å². The molecule has 0 heterocycles. The number of ether oxygens (including phenoxy) is 1. The van der Waals surface area contributed by atoms with Crippen LogP contribution in [0.4, 0.5) is 8.78 Å². The van der Waals surface area contributed by atoms with E-state index in [1.807, 2.05) is 13.1 Å². The molecule has 0 radical (unpaired) electrons. The highest BCUT2D eigenvalue weighted by Gasteiger charge is 2.17. The predicted molar refractivity (Wildman–Crippen MR) is 71.4 cm³/mol. The summed E-state index contributed by atoms with van der Waals surface area (Å²) in [7, 11) is 1.89. The molecule has 4 heteroatoms. The molecule has 0 aliphatic heterocycles. The highest BCUT2D eigenvalue weighted by molar-refractivity contribution is 5.35. The summed E-state index contributed by atoms with van der Waals surface area (Å²) in [6, 6.07) is 7.01. The molecule has 0 amide bonds. The Morgan fingerprint density at radius 1 is 1.26 bits per heavy atom. The van der Waals surface area contributed by atoms with Gasteiger partial charge in [-0.1, -0.05) is 23.8 Å². The lowest BCUT2D eigenvalue weighted by atomic mass is 9.90. The van der Waals surface area contributed by atoms with E-state index >= 15 is 0 Å². The minimum Gasteiger partial charge on any atom is -0.435 e. The molecule has 1 atom stereocenters. The highest BCUT2D eigenvalue weighted by atomic mass is 19.3. The van der Waals surface area contributed by atoms with Crippen LogP contribution in [0.1, 0.15) is 37.3 Å². The zero-order valence-electron chi connectivity index (χ0n) is 11.0. The van der Waals surface area contributed by atoms with Crippen molar-refractivity contribution < 1.29 is 13.5 Å². The Hall–Kier alpha value is -1.42. The first-order valence-electron chi connectivity index (χ1n) is 6.61. The van der Waals surface area contributed by atoms with Gasteiger partial charge >= 0.3 is 6.61 Å². The number of benzene rings is 1. The van der Waals surface area contributed by atoms with E-state index in [0.29, 0.717) is 0 Å². The number of rotatable bonds is 5. The van der Waals surface area contributed by atoms with Gasteiger partial charge in [-0.15, -0.1) is 0 Å². The molecule has 0 aromatic heterocycles. The standard InChI is InChI=1S/C15H19F2NO/c1-18-14(11-6-3-2-4-7-11)12-8-5-9-13(10-12)19-15(16)17/h5-6,8-10,14-15,18H,2-4,7H2,1H3. The second-order valence-electron chi connectivity index (χ2n) is 4.70. The van der Waals surface area contributed by atoms with Crippen molar-refractivity contribution in [1.29, 1.82) is 0 Å². The third-order valence-corrected chi connectivity index (χ3v) is 3.40. The number of nitrogens with one attached hydrogen (secondary N) is 1. The van der Waals surface area contributed by atoms with E-state index in [4.69, 9.17) is 0 Å². The fraction of sp³-hybridized carbons (Fsp3) is 0.467. The maximum atomic E-state index is 12.2. The van der Waals surface area contributed by atoms with Crippen molar-refractivity contribution in [2.75, 3.05) is 7.05 Å².